The van der Waals surface area contributed by atoms with Crippen molar-refractivity contribution in [3.8, 4) is 0 Å². The molecule has 94 valence electrons. The fourth-order valence-electron chi connectivity index (χ4n) is 2.19. The Hall–Kier alpha value is -1.07. The molecule has 1 aromatic rings. The van der Waals surface area contributed by atoms with E-state index in [9.17, 15) is 4.79 Å². The molecule has 1 fully saturated rings. The first-order valence-electron chi connectivity index (χ1n) is 5.69. The molecular formula is C11H17ClN4O. The van der Waals surface area contributed by atoms with E-state index in [-0.39, 0.29) is 11.9 Å². The topological polar surface area (TPSA) is 50.2 Å². The van der Waals surface area contributed by atoms with Gasteiger partial charge in [-0.3, -0.25) is 9.48 Å². The first-order valence-corrected chi connectivity index (χ1v) is 6.07. The second-order valence-corrected chi connectivity index (χ2v) is 4.80. The monoisotopic (exact) mass is 256 g/mol. The average Bonchev–Trinajstić information content (AvgIpc) is 2.87. The lowest BCUT2D eigenvalue weighted by atomic mass is 10.2. The van der Waals surface area contributed by atoms with Crippen LogP contribution in [0.2, 0.25) is 5.15 Å². The van der Waals surface area contributed by atoms with Crippen molar-refractivity contribution in [3.05, 3.63) is 16.4 Å². The van der Waals surface area contributed by atoms with Crippen LogP contribution in [0.1, 0.15) is 22.5 Å². The van der Waals surface area contributed by atoms with Gasteiger partial charge in [-0.15, -0.1) is 0 Å². The smallest absolute Gasteiger partial charge is 0.258 e. The lowest BCUT2D eigenvalue weighted by Crippen LogP contribution is -2.38. The Morgan fingerprint density at radius 3 is 2.82 bits per heavy atom. The molecule has 0 aliphatic carbocycles. The van der Waals surface area contributed by atoms with E-state index in [1.165, 1.54) is 4.68 Å². The Bertz CT molecular complexity index is 437. The van der Waals surface area contributed by atoms with Gasteiger partial charge in [0.2, 0.25) is 0 Å². The standard InChI is InChI=1S/C11H17ClN4O/c1-7-9(10(12)16(3)14-7)11(17)15(2)8-4-5-13-6-8/h8,13H,4-6H2,1-3H3/t8-/m1/s1. The first-order chi connectivity index (χ1) is 8.02. The van der Waals surface area contributed by atoms with Gasteiger partial charge in [0.15, 0.2) is 0 Å². The van der Waals surface area contributed by atoms with Crippen molar-refractivity contribution in [1.29, 1.82) is 0 Å². The van der Waals surface area contributed by atoms with Gasteiger partial charge in [-0.1, -0.05) is 11.6 Å². The molecule has 1 aromatic heterocycles. The number of carbonyl (C=O) groups excluding carboxylic acids is 1. The first kappa shape index (κ1) is 12.4. The molecule has 0 aromatic carbocycles. The third kappa shape index (κ3) is 2.17. The zero-order valence-electron chi connectivity index (χ0n) is 10.3. The second-order valence-electron chi connectivity index (χ2n) is 4.44. The van der Waals surface area contributed by atoms with E-state index >= 15 is 0 Å². The molecule has 0 spiro atoms. The molecule has 5 nitrogen and oxygen atoms in total. The van der Waals surface area contributed by atoms with Crippen LogP contribution in [0.4, 0.5) is 0 Å². The summed E-state index contributed by atoms with van der Waals surface area (Å²) >= 11 is 6.10. The van der Waals surface area contributed by atoms with Crippen LogP contribution in [-0.4, -0.2) is 46.8 Å². The molecule has 2 heterocycles. The quantitative estimate of drug-likeness (QED) is 0.852. The Morgan fingerprint density at radius 2 is 2.35 bits per heavy atom. The molecule has 1 amide bonds. The number of rotatable bonds is 2. The number of aromatic nitrogens is 2. The molecule has 0 unspecified atom stereocenters. The van der Waals surface area contributed by atoms with Crippen LogP contribution in [0.25, 0.3) is 0 Å². The van der Waals surface area contributed by atoms with Gasteiger partial charge in [-0.2, -0.15) is 5.10 Å². The van der Waals surface area contributed by atoms with Gasteiger partial charge in [0.05, 0.1) is 11.3 Å². The van der Waals surface area contributed by atoms with Crippen molar-refractivity contribution < 1.29 is 4.79 Å². The van der Waals surface area contributed by atoms with E-state index in [0.717, 1.165) is 19.5 Å². The highest BCUT2D eigenvalue weighted by atomic mass is 35.5. The molecular weight excluding hydrogens is 240 g/mol. The Kier molecular flexibility index (Phi) is 3.40. The number of likely N-dealkylation sites (N-methyl/N-ethyl adjacent to an activating group) is 1. The Labute approximate surface area is 106 Å². The van der Waals surface area contributed by atoms with Crippen molar-refractivity contribution in [3.63, 3.8) is 0 Å². The summed E-state index contributed by atoms with van der Waals surface area (Å²) in [4.78, 5) is 14.1. The Balaban J connectivity index is 2.24. The lowest BCUT2D eigenvalue weighted by molar-refractivity contribution is 0.0743. The summed E-state index contributed by atoms with van der Waals surface area (Å²) in [7, 11) is 3.56. The molecule has 0 radical (unpaired) electrons. The number of nitrogens with zero attached hydrogens (tertiary/aromatic N) is 3. The van der Waals surface area contributed by atoms with Crippen LogP contribution >= 0.6 is 11.6 Å². The summed E-state index contributed by atoms with van der Waals surface area (Å²) in [6.07, 6.45) is 0.985. The molecule has 0 saturated carbocycles. The minimum Gasteiger partial charge on any atom is -0.337 e. The molecule has 2 rings (SSSR count). The predicted octanol–water partition coefficient (Wildman–Crippen LogP) is 0.816. The van der Waals surface area contributed by atoms with E-state index in [1.807, 2.05) is 7.05 Å². The third-order valence-corrected chi connectivity index (χ3v) is 3.70. The van der Waals surface area contributed by atoms with Crippen LogP contribution in [0, 0.1) is 6.92 Å². The van der Waals surface area contributed by atoms with Crippen LogP contribution in [0.5, 0.6) is 0 Å². The van der Waals surface area contributed by atoms with Gasteiger partial charge in [0.25, 0.3) is 5.91 Å². The van der Waals surface area contributed by atoms with E-state index in [0.29, 0.717) is 16.4 Å². The molecule has 1 aliphatic rings. The molecule has 0 bridgehead atoms. The van der Waals surface area contributed by atoms with Crippen molar-refractivity contribution in [2.75, 3.05) is 20.1 Å². The summed E-state index contributed by atoms with van der Waals surface area (Å²) in [5.41, 5.74) is 1.20. The lowest BCUT2D eigenvalue weighted by Gasteiger charge is -2.23. The number of aryl methyl sites for hydroxylation is 2. The summed E-state index contributed by atoms with van der Waals surface area (Å²) in [6, 6.07) is 0.248. The maximum Gasteiger partial charge on any atom is 0.258 e. The maximum absolute atomic E-state index is 12.3. The van der Waals surface area contributed by atoms with E-state index in [2.05, 4.69) is 10.4 Å². The van der Waals surface area contributed by atoms with Gasteiger partial charge < -0.3 is 10.2 Å². The minimum absolute atomic E-state index is 0.0469. The third-order valence-electron chi connectivity index (χ3n) is 3.27. The zero-order chi connectivity index (χ0) is 12.6. The fraction of sp³-hybridized carbons (Fsp3) is 0.636. The highest BCUT2D eigenvalue weighted by Gasteiger charge is 2.28. The van der Waals surface area contributed by atoms with Crippen LogP contribution in [-0.2, 0) is 7.05 Å². The molecule has 1 atom stereocenters. The normalized spacial score (nSPS) is 19.6. The summed E-state index contributed by atoms with van der Waals surface area (Å²) in [5.74, 6) is -0.0469. The van der Waals surface area contributed by atoms with Crippen molar-refractivity contribution in [1.82, 2.24) is 20.0 Å². The van der Waals surface area contributed by atoms with Gasteiger partial charge >= 0.3 is 0 Å². The number of hydrogen-bond donors (Lipinski definition) is 1. The largest absolute Gasteiger partial charge is 0.337 e. The zero-order valence-corrected chi connectivity index (χ0v) is 11.1. The van der Waals surface area contributed by atoms with Crippen LogP contribution in [0.3, 0.4) is 0 Å². The SMILES string of the molecule is Cc1nn(C)c(Cl)c1C(=O)N(C)[C@@H]1CCNC1. The van der Waals surface area contributed by atoms with Gasteiger partial charge in [0.1, 0.15) is 5.15 Å². The van der Waals surface area contributed by atoms with Crippen molar-refractivity contribution >= 4 is 17.5 Å². The highest BCUT2D eigenvalue weighted by Crippen LogP contribution is 2.21. The Morgan fingerprint density at radius 1 is 1.65 bits per heavy atom. The summed E-state index contributed by atoms with van der Waals surface area (Å²) < 4.78 is 1.53. The number of nitrogens with one attached hydrogen (secondary N) is 1. The number of halogens is 1. The van der Waals surface area contributed by atoms with E-state index < -0.39 is 0 Å². The molecule has 1 saturated heterocycles. The molecule has 6 heteroatoms. The fourth-order valence-corrected chi connectivity index (χ4v) is 2.44. The predicted molar refractivity (Wildman–Crippen MR) is 66.3 cm³/mol. The van der Waals surface area contributed by atoms with Gasteiger partial charge in [0, 0.05) is 26.7 Å². The van der Waals surface area contributed by atoms with Crippen molar-refractivity contribution in [2.24, 2.45) is 7.05 Å². The number of amides is 1. The van der Waals surface area contributed by atoms with E-state index in [1.54, 1.807) is 18.9 Å². The minimum atomic E-state index is -0.0469. The molecule has 17 heavy (non-hydrogen) atoms. The van der Waals surface area contributed by atoms with Crippen LogP contribution < -0.4 is 5.32 Å². The van der Waals surface area contributed by atoms with Gasteiger partial charge in [-0.25, -0.2) is 0 Å². The summed E-state index contributed by atoms with van der Waals surface area (Å²) in [5, 5.41) is 7.82. The average molecular weight is 257 g/mol. The summed E-state index contributed by atoms with van der Waals surface area (Å²) in [6.45, 7) is 3.61. The van der Waals surface area contributed by atoms with Crippen LogP contribution in [0.15, 0.2) is 0 Å². The van der Waals surface area contributed by atoms with E-state index in [4.69, 9.17) is 11.6 Å². The number of carbonyl (C=O) groups is 1. The molecule has 1 N–H and O–H groups in total. The maximum atomic E-state index is 12.3. The highest BCUT2D eigenvalue weighted by molar-refractivity contribution is 6.33. The van der Waals surface area contributed by atoms with Crippen molar-refractivity contribution in [2.45, 2.75) is 19.4 Å². The number of hydrogen-bond acceptors (Lipinski definition) is 3. The molecule has 1 aliphatic heterocycles. The van der Waals surface area contributed by atoms with Gasteiger partial charge in [-0.05, 0) is 19.9 Å². The second kappa shape index (κ2) is 4.66.